The van der Waals surface area contributed by atoms with E-state index in [0.717, 1.165) is 11.1 Å². The molecule has 2 aromatic rings. The second-order valence-corrected chi connectivity index (χ2v) is 13.8. The van der Waals surface area contributed by atoms with Gasteiger partial charge in [-0.2, -0.15) is 0 Å². The highest BCUT2D eigenvalue weighted by Gasteiger charge is 2.45. The van der Waals surface area contributed by atoms with Crippen LogP contribution in [0.25, 0.3) is 0 Å². The predicted octanol–water partition coefficient (Wildman–Crippen LogP) is 2.77. The first-order chi connectivity index (χ1) is 15.4. The van der Waals surface area contributed by atoms with E-state index in [1.165, 1.54) is 0 Å². The van der Waals surface area contributed by atoms with E-state index in [2.05, 4.69) is 26.1 Å². The number of benzene rings is 2. The maximum atomic E-state index is 13.3. The smallest absolute Gasteiger partial charge is 0.183 e. The number of hydrogen-bond donors (Lipinski definition) is 1. The van der Waals surface area contributed by atoms with Crippen LogP contribution in [0, 0.1) is 0 Å². The van der Waals surface area contributed by atoms with E-state index in [0.29, 0.717) is 24.5 Å². The van der Waals surface area contributed by atoms with Crippen LogP contribution in [0.15, 0.2) is 47.4 Å². The number of methoxy groups -OCH3 is 2. The van der Waals surface area contributed by atoms with Gasteiger partial charge in [0.15, 0.2) is 31.2 Å². The number of hydrogen-bond acceptors (Lipinski definition) is 7. The van der Waals surface area contributed by atoms with Gasteiger partial charge in [-0.05, 0) is 53.8 Å². The minimum Gasteiger partial charge on any atom is -0.493 e. The van der Waals surface area contributed by atoms with Gasteiger partial charge in [-0.3, -0.25) is 0 Å². The molecule has 0 aromatic heterocycles. The summed E-state index contributed by atoms with van der Waals surface area (Å²) < 4.78 is 62.0. The average Bonchev–Trinajstić information content (AvgIpc) is 3.08. The van der Waals surface area contributed by atoms with E-state index in [1.807, 2.05) is 18.2 Å². The van der Waals surface area contributed by atoms with Gasteiger partial charge in [-0.25, -0.2) is 16.8 Å². The Morgan fingerprint density at radius 1 is 0.970 bits per heavy atom. The Balaban J connectivity index is 1.75. The molecule has 182 valence electrons. The maximum Gasteiger partial charge on any atom is 0.183 e. The molecule has 1 N–H and O–H groups in total. The van der Waals surface area contributed by atoms with Gasteiger partial charge in [0.1, 0.15) is 0 Å². The lowest BCUT2D eigenvalue weighted by Gasteiger charge is -2.22. The van der Waals surface area contributed by atoms with Crippen molar-refractivity contribution in [2.45, 2.75) is 48.8 Å². The highest BCUT2D eigenvalue weighted by Crippen LogP contribution is 2.30. The van der Waals surface area contributed by atoms with Crippen LogP contribution in [-0.2, 0) is 31.5 Å². The standard InChI is InChI=1S/C24H33NO6S2/c1-24(2,3)18-7-9-19(10-8-18)33(28,29)23-16-32(26,27)15-20(23)25-13-12-17-6-11-21(30-4)22(14-17)31-5/h6-11,14,20,23,25H,12-13,15-16H2,1-5H3. The molecule has 2 aromatic carbocycles. The van der Waals surface area contributed by atoms with Crippen LogP contribution in [0.1, 0.15) is 31.9 Å². The minimum atomic E-state index is -3.81. The lowest BCUT2D eigenvalue weighted by molar-refractivity contribution is 0.354. The molecule has 7 nitrogen and oxygen atoms in total. The molecule has 1 fully saturated rings. The molecule has 0 spiro atoms. The largest absolute Gasteiger partial charge is 0.493 e. The van der Waals surface area contributed by atoms with E-state index in [1.54, 1.807) is 38.5 Å². The van der Waals surface area contributed by atoms with Crippen molar-refractivity contribution < 1.29 is 26.3 Å². The lowest BCUT2D eigenvalue weighted by atomic mass is 9.87. The fraction of sp³-hybridized carbons (Fsp3) is 0.500. The summed E-state index contributed by atoms with van der Waals surface area (Å²) in [5, 5.41) is 2.16. The third kappa shape index (κ3) is 5.88. The van der Waals surface area contributed by atoms with Gasteiger partial charge in [0.05, 0.1) is 35.9 Å². The van der Waals surface area contributed by atoms with Gasteiger partial charge >= 0.3 is 0 Å². The van der Waals surface area contributed by atoms with Crippen LogP contribution >= 0.6 is 0 Å². The molecule has 0 saturated carbocycles. The van der Waals surface area contributed by atoms with Crippen LogP contribution in [0.3, 0.4) is 0 Å². The molecule has 0 amide bonds. The molecular formula is C24H33NO6S2. The van der Waals surface area contributed by atoms with Crippen molar-refractivity contribution >= 4 is 19.7 Å². The van der Waals surface area contributed by atoms with Crippen LogP contribution in [0.2, 0.25) is 0 Å². The average molecular weight is 496 g/mol. The minimum absolute atomic E-state index is 0.104. The van der Waals surface area contributed by atoms with Gasteiger partial charge in [0, 0.05) is 6.04 Å². The summed E-state index contributed by atoms with van der Waals surface area (Å²) in [6.07, 6.45) is 0.587. The van der Waals surface area contributed by atoms with Gasteiger partial charge < -0.3 is 14.8 Å². The van der Waals surface area contributed by atoms with Crippen molar-refractivity contribution in [3.8, 4) is 11.5 Å². The first-order valence-corrected chi connectivity index (χ1v) is 14.2. The molecule has 1 aliphatic heterocycles. The highest BCUT2D eigenvalue weighted by molar-refractivity contribution is 7.96. The molecule has 0 aliphatic carbocycles. The lowest BCUT2D eigenvalue weighted by Crippen LogP contribution is -2.44. The number of nitrogens with one attached hydrogen (secondary N) is 1. The van der Waals surface area contributed by atoms with Gasteiger partial charge in [0.2, 0.25) is 0 Å². The Hall–Kier alpha value is -2.10. The van der Waals surface area contributed by atoms with Gasteiger partial charge in [-0.15, -0.1) is 0 Å². The fourth-order valence-electron chi connectivity index (χ4n) is 4.07. The molecule has 33 heavy (non-hydrogen) atoms. The summed E-state index contributed by atoms with van der Waals surface area (Å²) in [7, 11) is -4.15. The molecule has 1 saturated heterocycles. The third-order valence-corrected chi connectivity index (χ3v) is 10.2. The third-order valence-electron chi connectivity index (χ3n) is 6.02. The molecule has 2 atom stereocenters. The van der Waals surface area contributed by atoms with E-state index < -0.39 is 31.0 Å². The van der Waals surface area contributed by atoms with E-state index in [-0.39, 0.29) is 21.8 Å². The molecule has 0 radical (unpaired) electrons. The van der Waals surface area contributed by atoms with Crippen LogP contribution < -0.4 is 14.8 Å². The second kappa shape index (κ2) is 9.64. The second-order valence-electron chi connectivity index (χ2n) is 9.43. The molecule has 0 bridgehead atoms. The van der Waals surface area contributed by atoms with Gasteiger partial charge in [0.25, 0.3) is 0 Å². The van der Waals surface area contributed by atoms with Crippen LogP contribution in [-0.4, -0.2) is 60.4 Å². The van der Waals surface area contributed by atoms with Crippen molar-refractivity contribution in [2.24, 2.45) is 0 Å². The summed E-state index contributed by atoms with van der Waals surface area (Å²) in [5.74, 6) is 0.671. The quantitative estimate of drug-likeness (QED) is 0.601. The zero-order valence-corrected chi connectivity index (χ0v) is 21.4. The monoisotopic (exact) mass is 495 g/mol. The fourth-order valence-corrected chi connectivity index (χ4v) is 8.79. The van der Waals surface area contributed by atoms with Crippen molar-refractivity contribution in [1.29, 1.82) is 0 Å². The Morgan fingerprint density at radius 3 is 2.18 bits per heavy atom. The Bertz CT molecular complexity index is 1180. The van der Waals surface area contributed by atoms with Crippen LogP contribution in [0.5, 0.6) is 11.5 Å². The molecule has 1 aliphatic rings. The van der Waals surface area contributed by atoms with Crippen molar-refractivity contribution in [1.82, 2.24) is 5.32 Å². The number of sulfone groups is 2. The summed E-state index contributed by atoms with van der Waals surface area (Å²) >= 11 is 0. The molecule has 3 rings (SSSR count). The SMILES string of the molecule is COc1ccc(CCNC2CS(=O)(=O)CC2S(=O)(=O)c2ccc(C(C)(C)C)cc2)cc1OC. The Labute approximate surface area is 197 Å². The van der Waals surface area contributed by atoms with Crippen LogP contribution in [0.4, 0.5) is 0 Å². The molecule has 9 heteroatoms. The predicted molar refractivity (Wildman–Crippen MR) is 130 cm³/mol. The Morgan fingerprint density at radius 2 is 1.61 bits per heavy atom. The first kappa shape index (κ1) is 25.5. The van der Waals surface area contributed by atoms with Crippen molar-refractivity contribution in [3.05, 3.63) is 53.6 Å². The van der Waals surface area contributed by atoms with E-state index >= 15 is 0 Å². The topological polar surface area (TPSA) is 98.8 Å². The van der Waals surface area contributed by atoms with E-state index in [9.17, 15) is 16.8 Å². The summed E-state index contributed by atoms with van der Waals surface area (Å²) in [4.78, 5) is 0.157. The van der Waals surface area contributed by atoms with Crippen molar-refractivity contribution in [2.75, 3.05) is 32.3 Å². The zero-order valence-electron chi connectivity index (χ0n) is 19.8. The van der Waals surface area contributed by atoms with E-state index in [4.69, 9.17) is 9.47 Å². The number of rotatable bonds is 8. The Kier molecular flexibility index (Phi) is 7.45. The molecule has 1 heterocycles. The summed E-state index contributed by atoms with van der Waals surface area (Å²) in [5.41, 5.74) is 1.89. The zero-order chi connectivity index (χ0) is 24.4. The van der Waals surface area contributed by atoms with Crippen molar-refractivity contribution in [3.63, 3.8) is 0 Å². The highest BCUT2D eigenvalue weighted by atomic mass is 32.2. The molecule has 2 unspecified atom stereocenters. The maximum absolute atomic E-state index is 13.3. The number of ether oxygens (including phenoxy) is 2. The summed E-state index contributed by atoms with van der Waals surface area (Å²) in [6, 6.07) is 11.7. The molecular weight excluding hydrogens is 462 g/mol. The summed E-state index contributed by atoms with van der Waals surface area (Å²) in [6.45, 7) is 6.60. The first-order valence-electron chi connectivity index (χ1n) is 10.9. The van der Waals surface area contributed by atoms with Gasteiger partial charge in [-0.1, -0.05) is 39.0 Å². The normalized spacial score (nSPS) is 20.5.